The van der Waals surface area contributed by atoms with Crippen molar-refractivity contribution < 1.29 is 24.5 Å². The van der Waals surface area contributed by atoms with E-state index in [1.807, 2.05) is 13.0 Å². The van der Waals surface area contributed by atoms with Crippen LogP contribution >= 0.6 is 0 Å². The van der Waals surface area contributed by atoms with Crippen LogP contribution in [0.3, 0.4) is 0 Å². The molecule has 0 saturated carbocycles. The van der Waals surface area contributed by atoms with Crippen LogP contribution in [0.15, 0.2) is 12.1 Å². The maximum Gasteiger partial charge on any atom is 0.305 e. The molecule has 21 heavy (non-hydrogen) atoms. The van der Waals surface area contributed by atoms with Crippen LogP contribution in [0.4, 0.5) is 0 Å². The van der Waals surface area contributed by atoms with Crippen LogP contribution in [0, 0.1) is 11.3 Å². The number of carbonyl (C=O) groups excluding carboxylic acids is 1. The summed E-state index contributed by atoms with van der Waals surface area (Å²) in [5.74, 6) is -0.750. The van der Waals surface area contributed by atoms with Crippen LogP contribution in [0.1, 0.15) is 39.2 Å². The van der Waals surface area contributed by atoms with Gasteiger partial charge >= 0.3 is 5.97 Å². The highest BCUT2D eigenvalue weighted by molar-refractivity contribution is 5.68. The van der Waals surface area contributed by atoms with Crippen LogP contribution in [-0.2, 0) is 9.53 Å². The van der Waals surface area contributed by atoms with Crippen LogP contribution in [0.2, 0.25) is 0 Å². The SMILES string of the molecule is CCCOC(=O)CC.CCOc1c(C#N)ccc(O)c1O. The van der Waals surface area contributed by atoms with Crippen molar-refractivity contribution in [1.82, 2.24) is 0 Å². The van der Waals surface area contributed by atoms with Gasteiger partial charge < -0.3 is 19.7 Å². The average Bonchev–Trinajstić information content (AvgIpc) is 2.50. The molecule has 0 fully saturated rings. The Labute approximate surface area is 124 Å². The van der Waals surface area contributed by atoms with Gasteiger partial charge in [-0.1, -0.05) is 13.8 Å². The zero-order valence-corrected chi connectivity index (χ0v) is 12.5. The van der Waals surface area contributed by atoms with Crippen molar-refractivity contribution >= 4 is 5.97 Å². The first kappa shape index (κ1) is 18.6. The summed E-state index contributed by atoms with van der Waals surface area (Å²) in [7, 11) is 0. The Morgan fingerprint density at radius 3 is 2.43 bits per heavy atom. The Bertz CT molecular complexity index is 494. The van der Waals surface area contributed by atoms with Crippen molar-refractivity contribution in [3.63, 3.8) is 0 Å². The molecule has 0 aliphatic carbocycles. The molecule has 0 aliphatic heterocycles. The minimum absolute atomic E-state index is 0.0324. The van der Waals surface area contributed by atoms with Crippen LogP contribution in [-0.4, -0.2) is 29.4 Å². The first-order chi connectivity index (χ1) is 10.0. The lowest BCUT2D eigenvalue weighted by Gasteiger charge is -2.07. The lowest BCUT2D eigenvalue weighted by molar-refractivity contribution is -0.143. The highest BCUT2D eigenvalue weighted by Crippen LogP contribution is 2.37. The molecule has 0 heterocycles. The van der Waals surface area contributed by atoms with Crippen LogP contribution in [0.5, 0.6) is 17.2 Å². The molecule has 0 spiro atoms. The number of rotatable bonds is 5. The largest absolute Gasteiger partial charge is 0.504 e. The third kappa shape index (κ3) is 6.52. The Morgan fingerprint density at radius 2 is 1.95 bits per heavy atom. The zero-order valence-electron chi connectivity index (χ0n) is 12.5. The van der Waals surface area contributed by atoms with Crippen molar-refractivity contribution in [3.05, 3.63) is 17.7 Å². The molecule has 0 radical (unpaired) electrons. The average molecular weight is 295 g/mol. The number of ether oxygens (including phenoxy) is 2. The number of nitrogens with zero attached hydrogens (tertiary/aromatic N) is 1. The third-order valence-corrected chi connectivity index (χ3v) is 2.28. The fourth-order valence-corrected chi connectivity index (χ4v) is 1.26. The van der Waals surface area contributed by atoms with Gasteiger partial charge in [0, 0.05) is 6.42 Å². The molecule has 1 rings (SSSR count). The quantitative estimate of drug-likeness (QED) is 0.640. The number of phenols is 2. The maximum atomic E-state index is 10.3. The summed E-state index contributed by atoms with van der Waals surface area (Å²) in [6.45, 7) is 6.38. The van der Waals surface area contributed by atoms with Gasteiger partial charge in [-0.15, -0.1) is 0 Å². The fraction of sp³-hybridized carbons (Fsp3) is 0.467. The minimum Gasteiger partial charge on any atom is -0.504 e. The summed E-state index contributed by atoms with van der Waals surface area (Å²) in [5, 5.41) is 27.1. The summed E-state index contributed by atoms with van der Waals surface area (Å²) in [6.07, 6.45) is 1.39. The van der Waals surface area contributed by atoms with E-state index in [-0.39, 0.29) is 28.8 Å². The van der Waals surface area contributed by atoms with Crippen LogP contribution in [0.25, 0.3) is 0 Å². The predicted octanol–water partition coefficient (Wildman–Crippen LogP) is 2.72. The molecule has 0 atom stereocenters. The van der Waals surface area contributed by atoms with Crippen molar-refractivity contribution in [3.8, 4) is 23.3 Å². The number of esters is 1. The Balaban J connectivity index is 0.000000433. The Hall–Kier alpha value is -2.42. The summed E-state index contributed by atoms with van der Waals surface area (Å²) in [6, 6.07) is 4.49. The van der Waals surface area contributed by atoms with E-state index < -0.39 is 0 Å². The highest BCUT2D eigenvalue weighted by atomic mass is 16.5. The van der Waals surface area contributed by atoms with E-state index in [2.05, 4.69) is 0 Å². The molecule has 0 unspecified atom stereocenters. The molecular weight excluding hydrogens is 274 g/mol. The number of hydrogen-bond acceptors (Lipinski definition) is 6. The van der Waals surface area contributed by atoms with Crippen molar-refractivity contribution in [1.29, 1.82) is 5.26 Å². The summed E-state index contributed by atoms with van der Waals surface area (Å²) in [5.41, 5.74) is 0.206. The van der Waals surface area contributed by atoms with Gasteiger partial charge in [0.1, 0.15) is 6.07 Å². The van der Waals surface area contributed by atoms with Gasteiger partial charge in [-0.2, -0.15) is 5.26 Å². The first-order valence-electron chi connectivity index (χ1n) is 6.75. The van der Waals surface area contributed by atoms with E-state index in [4.69, 9.17) is 19.8 Å². The molecule has 0 aromatic heterocycles. The zero-order chi connectivity index (χ0) is 16.3. The normalized spacial score (nSPS) is 9.05. The van der Waals surface area contributed by atoms with E-state index in [1.54, 1.807) is 13.8 Å². The highest BCUT2D eigenvalue weighted by Gasteiger charge is 2.12. The lowest BCUT2D eigenvalue weighted by atomic mass is 10.2. The molecule has 2 N–H and O–H groups in total. The second kappa shape index (κ2) is 10.4. The molecule has 0 bridgehead atoms. The lowest BCUT2D eigenvalue weighted by Crippen LogP contribution is -2.02. The molecule has 1 aromatic carbocycles. The van der Waals surface area contributed by atoms with E-state index in [0.717, 1.165) is 6.42 Å². The molecule has 1 aromatic rings. The van der Waals surface area contributed by atoms with Gasteiger partial charge in [0.2, 0.25) is 5.75 Å². The van der Waals surface area contributed by atoms with Crippen molar-refractivity contribution in [2.45, 2.75) is 33.6 Å². The van der Waals surface area contributed by atoms with Gasteiger partial charge in [-0.25, -0.2) is 0 Å². The van der Waals surface area contributed by atoms with E-state index in [0.29, 0.717) is 19.6 Å². The number of carbonyl (C=O) groups is 1. The number of aromatic hydroxyl groups is 2. The topological polar surface area (TPSA) is 99.8 Å². The summed E-state index contributed by atoms with van der Waals surface area (Å²) in [4.78, 5) is 10.3. The van der Waals surface area contributed by atoms with Gasteiger partial charge in [0.25, 0.3) is 0 Å². The van der Waals surface area contributed by atoms with Gasteiger partial charge in [-0.3, -0.25) is 4.79 Å². The first-order valence-corrected chi connectivity index (χ1v) is 6.75. The molecule has 0 saturated heterocycles. The number of phenolic OH excluding ortho intramolecular Hbond substituents is 2. The second-order valence-corrected chi connectivity index (χ2v) is 3.93. The number of hydrogen-bond donors (Lipinski definition) is 2. The number of nitriles is 1. The molecular formula is C15H21NO5. The van der Waals surface area contributed by atoms with Crippen LogP contribution < -0.4 is 4.74 Å². The third-order valence-electron chi connectivity index (χ3n) is 2.28. The maximum absolute atomic E-state index is 10.3. The fourth-order valence-electron chi connectivity index (χ4n) is 1.26. The predicted molar refractivity (Wildman–Crippen MR) is 77.2 cm³/mol. The second-order valence-electron chi connectivity index (χ2n) is 3.93. The molecule has 6 nitrogen and oxygen atoms in total. The van der Waals surface area contributed by atoms with E-state index >= 15 is 0 Å². The molecule has 116 valence electrons. The monoisotopic (exact) mass is 295 g/mol. The Morgan fingerprint density at radius 1 is 1.29 bits per heavy atom. The van der Waals surface area contributed by atoms with Crippen molar-refractivity contribution in [2.75, 3.05) is 13.2 Å². The Kier molecular flexibility index (Phi) is 9.18. The minimum atomic E-state index is -0.388. The smallest absolute Gasteiger partial charge is 0.305 e. The standard InChI is InChI=1S/C9H9NO3.C6H12O2/c1-2-13-9-6(5-10)3-4-7(11)8(9)12;1-3-5-8-6(7)4-2/h3-4,11-12H,2H2,1H3;3-5H2,1-2H3. The van der Waals surface area contributed by atoms with E-state index in [9.17, 15) is 9.90 Å². The van der Waals surface area contributed by atoms with Gasteiger partial charge in [-0.05, 0) is 25.5 Å². The number of benzene rings is 1. The summed E-state index contributed by atoms with van der Waals surface area (Å²) >= 11 is 0. The van der Waals surface area contributed by atoms with Gasteiger partial charge in [0.15, 0.2) is 11.5 Å². The van der Waals surface area contributed by atoms with Gasteiger partial charge in [0.05, 0.1) is 18.8 Å². The van der Waals surface area contributed by atoms with E-state index in [1.165, 1.54) is 12.1 Å². The molecule has 6 heteroatoms. The molecule has 0 aliphatic rings. The molecule has 0 amide bonds. The van der Waals surface area contributed by atoms with Crippen molar-refractivity contribution in [2.24, 2.45) is 0 Å². The summed E-state index contributed by atoms with van der Waals surface area (Å²) < 4.78 is 9.71.